The molecule has 1 heterocycles. The molecule has 1 N–H and O–H groups in total. The lowest BCUT2D eigenvalue weighted by Gasteiger charge is -2.14. The molecule has 0 aromatic heterocycles. The Labute approximate surface area is 136 Å². The molecule has 2 aromatic carbocycles. The van der Waals surface area contributed by atoms with Crippen LogP contribution in [0.3, 0.4) is 0 Å². The van der Waals surface area contributed by atoms with Crippen LogP contribution in [0.15, 0.2) is 53.4 Å². The molecule has 0 atom stereocenters. The summed E-state index contributed by atoms with van der Waals surface area (Å²) in [5.41, 5.74) is 1.10. The van der Waals surface area contributed by atoms with Gasteiger partial charge in [0.15, 0.2) is 4.32 Å². The monoisotopic (exact) mass is 331 g/mol. The van der Waals surface area contributed by atoms with Crippen molar-refractivity contribution < 1.29 is 14.3 Å². The molecule has 0 spiro atoms. The number of nitrogens with zero attached hydrogens (tertiary/aromatic N) is 1. The number of carbonyl (C=O) groups is 1. The normalized spacial score (nSPS) is 16.6. The zero-order valence-corrected chi connectivity index (χ0v) is 12.8. The van der Waals surface area contributed by atoms with Gasteiger partial charge in [-0.05, 0) is 35.9 Å². The predicted molar refractivity (Wildman–Crippen MR) is 90.2 cm³/mol. The van der Waals surface area contributed by atoms with Gasteiger partial charge < -0.3 is 5.11 Å². The highest BCUT2D eigenvalue weighted by Gasteiger charge is 2.33. The number of hydrogen-bond acceptors (Lipinski definition) is 4. The minimum absolute atomic E-state index is 0.0562. The Balaban J connectivity index is 1.95. The van der Waals surface area contributed by atoms with Crippen molar-refractivity contribution in [1.82, 2.24) is 0 Å². The molecule has 3 rings (SSSR count). The number of phenolic OH excluding ortho intramolecular Hbond substituents is 1. The van der Waals surface area contributed by atoms with Crippen LogP contribution in [0.25, 0.3) is 6.08 Å². The first-order valence-electron chi connectivity index (χ1n) is 6.37. The van der Waals surface area contributed by atoms with E-state index in [0.29, 0.717) is 20.5 Å². The lowest BCUT2D eigenvalue weighted by Crippen LogP contribution is -2.27. The summed E-state index contributed by atoms with van der Waals surface area (Å²) in [6.45, 7) is 0. The van der Waals surface area contributed by atoms with E-state index in [1.807, 2.05) is 0 Å². The van der Waals surface area contributed by atoms with Gasteiger partial charge in [0.2, 0.25) is 0 Å². The van der Waals surface area contributed by atoms with E-state index in [4.69, 9.17) is 12.2 Å². The summed E-state index contributed by atoms with van der Waals surface area (Å²) >= 11 is 6.38. The molecular formula is C16H10FNO2S2. The van der Waals surface area contributed by atoms with Crippen LogP contribution < -0.4 is 4.90 Å². The number of thioether (sulfide) groups is 1. The summed E-state index contributed by atoms with van der Waals surface area (Å²) in [5, 5.41) is 9.53. The number of aromatic hydroxyl groups is 1. The van der Waals surface area contributed by atoms with Gasteiger partial charge in [0.25, 0.3) is 5.91 Å². The van der Waals surface area contributed by atoms with Gasteiger partial charge in [0.05, 0.1) is 10.6 Å². The number of hydrogen-bond donors (Lipinski definition) is 1. The number of anilines is 1. The molecule has 1 fully saturated rings. The van der Waals surface area contributed by atoms with E-state index in [1.54, 1.807) is 30.3 Å². The topological polar surface area (TPSA) is 40.5 Å². The maximum atomic E-state index is 13.2. The Kier molecular flexibility index (Phi) is 3.96. The lowest BCUT2D eigenvalue weighted by atomic mass is 10.2. The van der Waals surface area contributed by atoms with E-state index >= 15 is 0 Å². The van der Waals surface area contributed by atoms with E-state index in [0.717, 1.165) is 11.8 Å². The zero-order chi connectivity index (χ0) is 15.7. The molecule has 0 radical (unpaired) electrons. The molecule has 2 aromatic rings. The number of phenols is 1. The van der Waals surface area contributed by atoms with Gasteiger partial charge in [-0.2, -0.15) is 0 Å². The van der Waals surface area contributed by atoms with E-state index < -0.39 is 0 Å². The van der Waals surface area contributed by atoms with E-state index in [1.165, 1.54) is 29.2 Å². The van der Waals surface area contributed by atoms with E-state index in [2.05, 4.69) is 0 Å². The van der Waals surface area contributed by atoms with Crippen LogP contribution >= 0.6 is 24.0 Å². The molecule has 3 nitrogen and oxygen atoms in total. The van der Waals surface area contributed by atoms with Crippen molar-refractivity contribution >= 4 is 46.0 Å². The smallest absolute Gasteiger partial charge is 0.270 e. The zero-order valence-electron chi connectivity index (χ0n) is 11.2. The highest BCUT2D eigenvalue weighted by Crippen LogP contribution is 2.36. The molecule has 0 bridgehead atoms. The molecule has 6 heteroatoms. The molecule has 1 aliphatic heterocycles. The van der Waals surface area contributed by atoms with Crippen LogP contribution in [0.1, 0.15) is 5.56 Å². The quantitative estimate of drug-likeness (QED) is 0.668. The third-order valence-corrected chi connectivity index (χ3v) is 4.33. The van der Waals surface area contributed by atoms with Crippen molar-refractivity contribution in [2.24, 2.45) is 0 Å². The van der Waals surface area contributed by atoms with Crippen LogP contribution in [-0.4, -0.2) is 15.3 Å². The molecule has 1 amide bonds. The first-order valence-corrected chi connectivity index (χ1v) is 7.59. The number of benzene rings is 2. The number of amides is 1. The minimum atomic E-state index is -0.364. The van der Waals surface area contributed by atoms with Gasteiger partial charge in [-0.1, -0.05) is 42.2 Å². The Morgan fingerprint density at radius 1 is 1.18 bits per heavy atom. The summed E-state index contributed by atoms with van der Waals surface area (Å²) in [6, 6.07) is 12.3. The highest BCUT2D eigenvalue weighted by molar-refractivity contribution is 8.27. The van der Waals surface area contributed by atoms with Crippen molar-refractivity contribution in [3.63, 3.8) is 0 Å². The van der Waals surface area contributed by atoms with Crippen LogP contribution in [-0.2, 0) is 4.79 Å². The lowest BCUT2D eigenvalue weighted by molar-refractivity contribution is -0.113. The summed E-state index contributed by atoms with van der Waals surface area (Å²) in [6.07, 6.45) is 1.60. The maximum absolute atomic E-state index is 13.2. The van der Waals surface area contributed by atoms with Gasteiger partial charge in [-0.15, -0.1) is 0 Å². The second-order valence-corrected chi connectivity index (χ2v) is 6.27. The second-order valence-electron chi connectivity index (χ2n) is 4.59. The summed E-state index contributed by atoms with van der Waals surface area (Å²) in [7, 11) is 0. The first kappa shape index (κ1) is 14.7. The van der Waals surface area contributed by atoms with Crippen LogP contribution in [0.5, 0.6) is 5.75 Å². The molecular weight excluding hydrogens is 321 g/mol. The van der Waals surface area contributed by atoms with Gasteiger partial charge in [-0.3, -0.25) is 9.69 Å². The van der Waals surface area contributed by atoms with Gasteiger partial charge >= 0.3 is 0 Å². The molecule has 1 aliphatic rings. The van der Waals surface area contributed by atoms with Crippen molar-refractivity contribution in [2.45, 2.75) is 0 Å². The summed E-state index contributed by atoms with van der Waals surface area (Å²) in [4.78, 5) is 14.3. The third kappa shape index (κ3) is 2.88. The average molecular weight is 331 g/mol. The Morgan fingerprint density at radius 3 is 2.68 bits per heavy atom. The number of thiocarbonyl (C=S) groups is 1. The van der Waals surface area contributed by atoms with E-state index in [-0.39, 0.29) is 17.5 Å². The maximum Gasteiger partial charge on any atom is 0.270 e. The number of rotatable bonds is 2. The average Bonchev–Trinajstić information content (AvgIpc) is 2.73. The number of carbonyl (C=O) groups excluding carboxylic acids is 1. The minimum Gasteiger partial charge on any atom is -0.508 e. The molecule has 0 unspecified atom stereocenters. The van der Waals surface area contributed by atoms with Crippen LogP contribution in [0, 0.1) is 5.82 Å². The fourth-order valence-electron chi connectivity index (χ4n) is 2.07. The summed E-state index contributed by atoms with van der Waals surface area (Å²) < 4.78 is 13.6. The predicted octanol–water partition coefficient (Wildman–Crippen LogP) is 3.94. The standard InChI is InChI=1S/C16H10FNO2S2/c17-11-4-1-3-10(7-11)8-14-15(20)18(16(21)22-14)12-5-2-6-13(19)9-12/h1-9,19H/b14-8-. The molecule has 0 aliphatic carbocycles. The first-order chi connectivity index (χ1) is 10.5. The SMILES string of the molecule is O=C1/C(=C/c2cccc(F)c2)SC(=S)N1c1cccc(O)c1. The Hall–Kier alpha value is -2.18. The fourth-order valence-corrected chi connectivity index (χ4v) is 3.37. The largest absolute Gasteiger partial charge is 0.508 e. The van der Waals surface area contributed by atoms with Gasteiger partial charge in [0, 0.05) is 6.07 Å². The highest BCUT2D eigenvalue weighted by atomic mass is 32.2. The second kappa shape index (κ2) is 5.90. The van der Waals surface area contributed by atoms with Crippen molar-refractivity contribution in [3.8, 4) is 5.75 Å². The molecule has 22 heavy (non-hydrogen) atoms. The summed E-state index contributed by atoms with van der Waals surface area (Å²) in [5.74, 6) is -0.595. The Bertz CT molecular complexity index is 804. The van der Waals surface area contributed by atoms with Crippen molar-refractivity contribution in [1.29, 1.82) is 0 Å². The van der Waals surface area contributed by atoms with Crippen molar-refractivity contribution in [2.75, 3.05) is 4.90 Å². The fraction of sp³-hybridized carbons (Fsp3) is 0. The van der Waals surface area contributed by atoms with Gasteiger partial charge in [-0.25, -0.2) is 4.39 Å². The van der Waals surface area contributed by atoms with Crippen LogP contribution in [0.2, 0.25) is 0 Å². The van der Waals surface area contributed by atoms with E-state index in [9.17, 15) is 14.3 Å². The molecule has 0 saturated carbocycles. The van der Waals surface area contributed by atoms with Gasteiger partial charge in [0.1, 0.15) is 11.6 Å². The van der Waals surface area contributed by atoms with Crippen LogP contribution in [0.4, 0.5) is 10.1 Å². The third-order valence-electron chi connectivity index (χ3n) is 3.03. The van der Waals surface area contributed by atoms with Crippen molar-refractivity contribution in [3.05, 3.63) is 64.8 Å². The molecule has 110 valence electrons. The number of halogens is 1. The Morgan fingerprint density at radius 2 is 1.95 bits per heavy atom. The molecule has 1 saturated heterocycles.